The van der Waals surface area contributed by atoms with Crippen molar-refractivity contribution in [3.05, 3.63) is 36.4 Å². The van der Waals surface area contributed by atoms with Crippen molar-refractivity contribution < 1.29 is 8.42 Å². The van der Waals surface area contributed by atoms with Crippen LogP contribution in [0.1, 0.15) is 12.7 Å². The monoisotopic (exact) mass is 295 g/mol. The molecule has 1 heterocycles. The molecule has 0 bridgehead atoms. The second-order valence-corrected chi connectivity index (χ2v) is 5.94. The van der Waals surface area contributed by atoms with Gasteiger partial charge in [0.05, 0.1) is 12.2 Å². The van der Waals surface area contributed by atoms with Gasteiger partial charge in [-0.25, -0.2) is 13.1 Å². The molecule has 0 unspecified atom stereocenters. The Balaban J connectivity index is 2.20. The van der Waals surface area contributed by atoms with Crippen molar-refractivity contribution in [2.24, 2.45) is 7.05 Å². The summed E-state index contributed by atoms with van der Waals surface area (Å²) >= 11 is 0. The Labute approximate surface area is 118 Å². The lowest BCUT2D eigenvalue weighted by atomic mass is 10.3. The van der Waals surface area contributed by atoms with Crippen molar-refractivity contribution >= 4 is 15.7 Å². The summed E-state index contributed by atoms with van der Waals surface area (Å²) < 4.78 is 28.8. The molecule has 108 valence electrons. The van der Waals surface area contributed by atoms with Crippen LogP contribution in [0.15, 0.2) is 35.5 Å². The molecule has 0 saturated carbocycles. The van der Waals surface area contributed by atoms with Gasteiger partial charge in [-0.1, -0.05) is 12.1 Å². The Morgan fingerprint density at radius 1 is 1.30 bits per heavy atom. The van der Waals surface area contributed by atoms with Gasteiger partial charge in [-0.15, -0.1) is 10.2 Å². The lowest BCUT2D eigenvalue weighted by molar-refractivity contribution is 0.577. The minimum Gasteiger partial charge on any atom is -0.384 e. The van der Waals surface area contributed by atoms with Crippen molar-refractivity contribution in [1.82, 2.24) is 19.5 Å². The summed E-state index contributed by atoms with van der Waals surface area (Å²) in [5.41, 5.74) is 0.584. The molecule has 2 rings (SSSR count). The van der Waals surface area contributed by atoms with Crippen molar-refractivity contribution in [3.8, 4) is 0 Å². The van der Waals surface area contributed by atoms with E-state index in [9.17, 15) is 8.42 Å². The Morgan fingerprint density at radius 2 is 2.05 bits per heavy atom. The van der Waals surface area contributed by atoms with Gasteiger partial charge in [-0.3, -0.25) is 0 Å². The van der Waals surface area contributed by atoms with Crippen molar-refractivity contribution in [3.63, 3.8) is 0 Å². The molecule has 0 aliphatic rings. The molecule has 2 N–H and O–H groups in total. The van der Waals surface area contributed by atoms with Crippen molar-refractivity contribution in [1.29, 1.82) is 0 Å². The van der Waals surface area contributed by atoms with Crippen LogP contribution < -0.4 is 10.0 Å². The highest BCUT2D eigenvalue weighted by Crippen LogP contribution is 2.20. The molecule has 0 spiro atoms. The summed E-state index contributed by atoms with van der Waals surface area (Å²) in [7, 11) is -1.84. The summed E-state index contributed by atoms with van der Waals surface area (Å²) in [6.07, 6.45) is 1.52. The van der Waals surface area contributed by atoms with Gasteiger partial charge in [0.1, 0.15) is 17.0 Å². The van der Waals surface area contributed by atoms with E-state index in [1.54, 1.807) is 35.9 Å². The van der Waals surface area contributed by atoms with Crippen LogP contribution in [0.2, 0.25) is 0 Å². The molecule has 7 nitrogen and oxygen atoms in total. The zero-order valence-electron chi connectivity index (χ0n) is 11.4. The number of para-hydroxylation sites is 1. The van der Waals surface area contributed by atoms with Gasteiger partial charge >= 0.3 is 0 Å². The van der Waals surface area contributed by atoms with E-state index in [-0.39, 0.29) is 11.4 Å². The van der Waals surface area contributed by atoms with Gasteiger partial charge in [0.15, 0.2) is 0 Å². The van der Waals surface area contributed by atoms with E-state index in [0.29, 0.717) is 18.1 Å². The third kappa shape index (κ3) is 3.14. The first-order valence-corrected chi connectivity index (χ1v) is 7.68. The summed E-state index contributed by atoms with van der Waals surface area (Å²) in [4.78, 5) is 0.226. The third-order valence-corrected chi connectivity index (χ3v) is 4.23. The molecule has 1 aromatic carbocycles. The van der Waals surface area contributed by atoms with E-state index in [2.05, 4.69) is 20.2 Å². The molecule has 0 fully saturated rings. The van der Waals surface area contributed by atoms with Crippen LogP contribution >= 0.6 is 0 Å². The fourth-order valence-electron chi connectivity index (χ4n) is 1.74. The number of aromatic nitrogens is 3. The average Bonchev–Trinajstić information content (AvgIpc) is 2.83. The fraction of sp³-hybridized carbons (Fsp3) is 0.333. The maximum absolute atomic E-state index is 12.3. The van der Waals surface area contributed by atoms with Gasteiger partial charge in [-0.2, -0.15) is 0 Å². The summed E-state index contributed by atoms with van der Waals surface area (Å²) in [5.74, 6) is 0.550. The number of hydrogen-bond acceptors (Lipinski definition) is 5. The first kappa shape index (κ1) is 14.5. The highest BCUT2D eigenvalue weighted by Gasteiger charge is 2.18. The molecule has 0 saturated heterocycles. The maximum Gasteiger partial charge on any atom is 0.243 e. The van der Waals surface area contributed by atoms with Gasteiger partial charge < -0.3 is 9.88 Å². The zero-order valence-corrected chi connectivity index (χ0v) is 12.2. The molecular weight excluding hydrogens is 278 g/mol. The second-order valence-electron chi connectivity index (χ2n) is 4.21. The average molecular weight is 295 g/mol. The van der Waals surface area contributed by atoms with E-state index >= 15 is 0 Å². The number of nitrogens with one attached hydrogen (secondary N) is 2. The van der Waals surface area contributed by atoms with E-state index in [0.717, 1.165) is 0 Å². The molecule has 0 amide bonds. The molecule has 0 aliphatic carbocycles. The lowest BCUT2D eigenvalue weighted by Crippen LogP contribution is -2.25. The molecular formula is C12H17N5O2S. The van der Waals surface area contributed by atoms with Crippen LogP contribution in [-0.2, 0) is 23.6 Å². The van der Waals surface area contributed by atoms with Crippen LogP contribution in [0.25, 0.3) is 0 Å². The first-order chi connectivity index (χ1) is 9.54. The van der Waals surface area contributed by atoms with Gasteiger partial charge in [0.25, 0.3) is 0 Å². The zero-order chi connectivity index (χ0) is 14.6. The lowest BCUT2D eigenvalue weighted by Gasteiger charge is -2.11. The van der Waals surface area contributed by atoms with E-state index in [1.165, 1.54) is 6.33 Å². The van der Waals surface area contributed by atoms with Crippen LogP contribution in [0.5, 0.6) is 0 Å². The number of nitrogens with zero attached hydrogens (tertiary/aromatic N) is 3. The quantitative estimate of drug-likeness (QED) is 0.820. The van der Waals surface area contributed by atoms with Crippen LogP contribution in [-0.4, -0.2) is 29.7 Å². The smallest absolute Gasteiger partial charge is 0.243 e. The summed E-state index contributed by atoms with van der Waals surface area (Å²) in [5, 5.41) is 10.6. The standard InChI is InChI=1S/C12H17N5O2S/c1-3-13-10-6-4-5-7-11(10)20(18,19)15-8-12-16-14-9-17(12)2/h4-7,9,13,15H,3,8H2,1-2H3. The van der Waals surface area contributed by atoms with Crippen LogP contribution in [0, 0.1) is 0 Å². The van der Waals surface area contributed by atoms with Gasteiger partial charge in [-0.05, 0) is 19.1 Å². The SMILES string of the molecule is CCNc1ccccc1S(=O)(=O)NCc1nncn1C. The normalized spacial score (nSPS) is 11.5. The summed E-state index contributed by atoms with van der Waals surface area (Å²) in [6.45, 7) is 2.66. The minimum atomic E-state index is -3.60. The molecule has 2 aromatic rings. The highest BCUT2D eigenvalue weighted by molar-refractivity contribution is 7.89. The number of hydrogen-bond donors (Lipinski definition) is 2. The highest BCUT2D eigenvalue weighted by atomic mass is 32.2. The van der Waals surface area contributed by atoms with E-state index in [1.807, 2.05) is 6.92 Å². The second kappa shape index (κ2) is 6.02. The van der Waals surface area contributed by atoms with Crippen molar-refractivity contribution in [2.75, 3.05) is 11.9 Å². The van der Waals surface area contributed by atoms with Crippen molar-refractivity contribution in [2.45, 2.75) is 18.4 Å². The van der Waals surface area contributed by atoms with E-state index in [4.69, 9.17) is 0 Å². The Hall–Kier alpha value is -1.93. The van der Waals surface area contributed by atoms with Gasteiger partial charge in [0, 0.05) is 13.6 Å². The molecule has 20 heavy (non-hydrogen) atoms. The molecule has 0 aliphatic heterocycles. The minimum absolute atomic E-state index is 0.0965. The van der Waals surface area contributed by atoms with E-state index < -0.39 is 10.0 Å². The maximum atomic E-state index is 12.3. The largest absolute Gasteiger partial charge is 0.384 e. The Kier molecular flexibility index (Phi) is 4.35. The molecule has 0 radical (unpaired) electrons. The summed E-state index contributed by atoms with van der Waals surface area (Å²) in [6, 6.07) is 6.79. The predicted molar refractivity (Wildman–Crippen MR) is 75.6 cm³/mol. The Morgan fingerprint density at radius 3 is 2.70 bits per heavy atom. The van der Waals surface area contributed by atoms with Crippen LogP contribution in [0.4, 0.5) is 5.69 Å². The fourth-order valence-corrected chi connectivity index (χ4v) is 2.90. The Bertz CT molecular complexity index is 681. The molecule has 8 heteroatoms. The van der Waals surface area contributed by atoms with Crippen LogP contribution in [0.3, 0.4) is 0 Å². The number of rotatable bonds is 6. The number of benzene rings is 1. The molecule has 0 atom stereocenters. The predicted octanol–water partition coefficient (Wildman–Crippen LogP) is 0.725. The molecule has 1 aromatic heterocycles. The number of anilines is 1. The van der Waals surface area contributed by atoms with Gasteiger partial charge in [0.2, 0.25) is 10.0 Å². The number of sulfonamides is 1. The third-order valence-electron chi connectivity index (χ3n) is 2.77. The number of aryl methyl sites for hydroxylation is 1. The topological polar surface area (TPSA) is 88.9 Å². The first-order valence-electron chi connectivity index (χ1n) is 6.20.